The fraction of sp³-hybridized carbons (Fsp3) is 0.571. The molecule has 21 heavy (non-hydrogen) atoms. The van der Waals surface area contributed by atoms with Crippen LogP contribution in [0.4, 0.5) is 11.8 Å². The second-order valence-electron chi connectivity index (χ2n) is 5.73. The number of rotatable bonds is 3. The number of aliphatic hydroxyl groups is 1. The van der Waals surface area contributed by atoms with Gasteiger partial charge in [-0.1, -0.05) is 13.8 Å². The maximum atomic E-state index is 10.0. The first kappa shape index (κ1) is 15.5. The van der Waals surface area contributed by atoms with E-state index in [9.17, 15) is 5.11 Å². The van der Waals surface area contributed by atoms with Gasteiger partial charge in [0.25, 0.3) is 5.95 Å². The van der Waals surface area contributed by atoms with Crippen LogP contribution >= 0.6 is 0 Å². The van der Waals surface area contributed by atoms with Gasteiger partial charge in [0.15, 0.2) is 6.29 Å². The lowest BCUT2D eigenvalue weighted by atomic mass is 9.69. The van der Waals surface area contributed by atoms with Gasteiger partial charge < -0.3 is 21.0 Å². The van der Waals surface area contributed by atoms with Gasteiger partial charge in [-0.15, -0.1) is 0 Å². The molecule has 7 heteroatoms. The number of ether oxygens (including phenoxy) is 1. The Bertz CT molecular complexity index is 574. The molecule has 2 rings (SSSR count). The highest BCUT2D eigenvalue weighted by atomic mass is 16.6. The maximum absolute atomic E-state index is 10.0. The Balaban J connectivity index is 2.34. The second kappa shape index (κ2) is 5.87. The number of nitrogens with two attached hydrogens (primary N) is 1. The monoisotopic (exact) mass is 291 g/mol. The van der Waals surface area contributed by atoms with Crippen LogP contribution in [-0.2, 0) is 4.74 Å². The van der Waals surface area contributed by atoms with Crippen LogP contribution in [0.2, 0.25) is 0 Å². The van der Waals surface area contributed by atoms with E-state index in [-0.39, 0.29) is 11.9 Å². The van der Waals surface area contributed by atoms with Crippen LogP contribution in [0, 0.1) is 16.7 Å². The molecule has 3 atom stereocenters. The smallest absolute Gasteiger partial charge is 0.251 e. The Hall–Kier alpha value is -1.86. The van der Waals surface area contributed by atoms with Crippen LogP contribution in [0.5, 0.6) is 0 Å². The molecule has 1 heterocycles. The second-order valence-corrected chi connectivity index (χ2v) is 5.73. The van der Waals surface area contributed by atoms with E-state index >= 15 is 0 Å². The van der Waals surface area contributed by atoms with E-state index in [1.54, 1.807) is 12.3 Å². The third-order valence-corrected chi connectivity index (χ3v) is 3.93. The van der Waals surface area contributed by atoms with Gasteiger partial charge in [0.05, 0.1) is 0 Å². The van der Waals surface area contributed by atoms with E-state index < -0.39 is 11.7 Å². The predicted molar refractivity (Wildman–Crippen MR) is 80.8 cm³/mol. The number of hydrogen-bond donors (Lipinski definition) is 3. The molecule has 0 spiro atoms. The minimum atomic E-state index is -0.947. The lowest BCUT2D eigenvalue weighted by Gasteiger charge is -2.40. The minimum absolute atomic E-state index is 0.104. The van der Waals surface area contributed by atoms with E-state index in [0.29, 0.717) is 24.4 Å². The molecule has 0 aromatic carbocycles. The predicted octanol–water partition coefficient (Wildman–Crippen LogP) is 1.55. The van der Waals surface area contributed by atoms with Crippen LogP contribution in [0.15, 0.2) is 17.3 Å². The van der Waals surface area contributed by atoms with Gasteiger partial charge in [0, 0.05) is 36.1 Å². The molecule has 0 amide bonds. The van der Waals surface area contributed by atoms with Gasteiger partial charge >= 0.3 is 0 Å². The van der Waals surface area contributed by atoms with E-state index in [2.05, 4.69) is 15.0 Å². The van der Waals surface area contributed by atoms with Crippen molar-refractivity contribution >= 4 is 23.2 Å². The van der Waals surface area contributed by atoms with Crippen molar-refractivity contribution in [1.82, 2.24) is 9.97 Å². The Morgan fingerprint density at radius 1 is 1.57 bits per heavy atom. The molecule has 1 aromatic rings. The van der Waals surface area contributed by atoms with Gasteiger partial charge in [-0.3, -0.25) is 0 Å². The van der Waals surface area contributed by atoms with Gasteiger partial charge in [-0.05, 0) is 18.9 Å². The highest BCUT2D eigenvalue weighted by molar-refractivity contribution is 6.09. The van der Waals surface area contributed by atoms with Crippen molar-refractivity contribution in [1.29, 1.82) is 5.41 Å². The van der Waals surface area contributed by atoms with Gasteiger partial charge in [-0.2, -0.15) is 4.98 Å². The topological polar surface area (TPSA) is 117 Å². The number of aliphatic imine (C=N–C) groups is 1. The first-order valence-corrected chi connectivity index (χ1v) is 6.80. The van der Waals surface area contributed by atoms with Crippen molar-refractivity contribution in [3.05, 3.63) is 12.3 Å². The Kier molecular flexibility index (Phi) is 4.34. The number of nitrogen functional groups attached to an aromatic ring is 1. The Labute approximate surface area is 123 Å². The van der Waals surface area contributed by atoms with Crippen molar-refractivity contribution in [3.63, 3.8) is 0 Å². The summed E-state index contributed by atoms with van der Waals surface area (Å²) in [4.78, 5) is 12.5. The molecular formula is C14H21N5O2. The summed E-state index contributed by atoms with van der Waals surface area (Å²) in [6, 6.07) is 1.59. The zero-order chi connectivity index (χ0) is 15.6. The Morgan fingerprint density at radius 2 is 2.29 bits per heavy atom. The third-order valence-electron chi connectivity index (χ3n) is 3.93. The summed E-state index contributed by atoms with van der Waals surface area (Å²) in [6.07, 6.45) is 1.59. The standard InChI is InChI=1S/C14H21N5O2/c1-8-9(15)6-14(2,12(20)21-3)7-10(8)18-13-17-5-4-11(16)19-13/h4-5,8,12,15,20H,6-7H2,1-3H3,(H2,16,17,19). The number of nitrogens with one attached hydrogen (secondary N) is 1. The van der Waals surface area contributed by atoms with Crippen LogP contribution in [0.3, 0.4) is 0 Å². The number of aliphatic hydroxyl groups excluding tert-OH is 1. The quantitative estimate of drug-likeness (QED) is 0.730. The van der Waals surface area contributed by atoms with Gasteiger partial charge in [0.1, 0.15) is 5.82 Å². The fourth-order valence-electron chi connectivity index (χ4n) is 2.56. The molecule has 0 aliphatic heterocycles. The van der Waals surface area contributed by atoms with Crippen LogP contribution in [-0.4, -0.2) is 39.9 Å². The highest BCUT2D eigenvalue weighted by Gasteiger charge is 2.42. The number of nitrogens with zero attached hydrogens (tertiary/aromatic N) is 3. The summed E-state index contributed by atoms with van der Waals surface area (Å²) >= 11 is 0. The fourth-order valence-corrected chi connectivity index (χ4v) is 2.56. The summed E-state index contributed by atoms with van der Waals surface area (Å²) < 4.78 is 5.05. The largest absolute Gasteiger partial charge is 0.384 e. The first-order valence-electron chi connectivity index (χ1n) is 6.80. The molecule has 0 bridgehead atoms. The van der Waals surface area contributed by atoms with Gasteiger partial charge in [0.2, 0.25) is 0 Å². The van der Waals surface area contributed by atoms with E-state index in [0.717, 1.165) is 5.71 Å². The van der Waals surface area contributed by atoms with Crippen LogP contribution in [0.1, 0.15) is 26.7 Å². The lowest BCUT2D eigenvalue weighted by molar-refractivity contribution is -0.148. The average molecular weight is 291 g/mol. The van der Waals surface area contributed by atoms with Crippen molar-refractivity contribution in [2.24, 2.45) is 16.3 Å². The molecule has 7 nitrogen and oxygen atoms in total. The number of anilines is 1. The SMILES string of the molecule is COC(O)C1(C)CC(=N)C(C)C(=Nc2nccc(N)n2)C1. The molecule has 0 saturated heterocycles. The minimum Gasteiger partial charge on any atom is -0.384 e. The highest BCUT2D eigenvalue weighted by Crippen LogP contribution is 2.39. The first-order chi connectivity index (χ1) is 9.85. The summed E-state index contributed by atoms with van der Waals surface area (Å²) in [5.74, 6) is 0.524. The molecule has 0 radical (unpaired) electrons. The molecule has 4 N–H and O–H groups in total. The normalized spacial score (nSPS) is 29.6. The number of methoxy groups -OCH3 is 1. The summed E-state index contributed by atoms with van der Waals surface area (Å²) in [5, 5.41) is 18.2. The third kappa shape index (κ3) is 3.25. The molecule has 3 unspecified atom stereocenters. The Morgan fingerprint density at radius 3 is 2.90 bits per heavy atom. The molecule has 1 fully saturated rings. The van der Waals surface area contributed by atoms with Crippen molar-refractivity contribution < 1.29 is 9.84 Å². The number of aromatic nitrogens is 2. The van der Waals surface area contributed by atoms with E-state index in [4.69, 9.17) is 15.9 Å². The molecule has 1 aromatic heterocycles. The van der Waals surface area contributed by atoms with E-state index in [1.807, 2.05) is 13.8 Å². The van der Waals surface area contributed by atoms with Crippen LogP contribution < -0.4 is 5.73 Å². The van der Waals surface area contributed by atoms with Crippen molar-refractivity contribution in [2.45, 2.75) is 33.0 Å². The summed E-state index contributed by atoms with van der Waals surface area (Å²) in [6.45, 7) is 3.81. The summed E-state index contributed by atoms with van der Waals surface area (Å²) in [7, 11) is 1.45. The zero-order valence-electron chi connectivity index (χ0n) is 12.5. The van der Waals surface area contributed by atoms with E-state index in [1.165, 1.54) is 7.11 Å². The molecule has 114 valence electrons. The zero-order valence-corrected chi connectivity index (χ0v) is 12.5. The molecule has 1 saturated carbocycles. The van der Waals surface area contributed by atoms with Crippen molar-refractivity contribution in [2.75, 3.05) is 12.8 Å². The lowest BCUT2D eigenvalue weighted by Crippen LogP contribution is -2.45. The molecule has 1 aliphatic rings. The number of hydrogen-bond acceptors (Lipinski definition) is 7. The average Bonchev–Trinajstić information content (AvgIpc) is 2.43. The maximum Gasteiger partial charge on any atom is 0.251 e. The molecular weight excluding hydrogens is 270 g/mol. The van der Waals surface area contributed by atoms with Crippen molar-refractivity contribution in [3.8, 4) is 0 Å². The van der Waals surface area contributed by atoms with Crippen LogP contribution in [0.25, 0.3) is 0 Å². The summed E-state index contributed by atoms with van der Waals surface area (Å²) in [5.41, 5.74) is 6.33. The molecule has 1 aliphatic carbocycles. The van der Waals surface area contributed by atoms with Gasteiger partial charge in [-0.25, -0.2) is 9.98 Å².